The molecule has 1 amide bonds. The third-order valence-corrected chi connectivity index (χ3v) is 1.82. The first-order valence-corrected chi connectivity index (χ1v) is 5.28. The van der Waals surface area contributed by atoms with Crippen LogP contribution in [0.15, 0.2) is 24.3 Å². The van der Waals surface area contributed by atoms with Gasteiger partial charge in [0.15, 0.2) is 6.61 Å². The predicted molar refractivity (Wildman–Crippen MR) is 62.9 cm³/mol. The highest BCUT2D eigenvalue weighted by atomic mass is 16.6. The highest BCUT2D eigenvalue weighted by Crippen LogP contribution is 2.17. The molecule has 0 unspecified atom stereocenters. The number of esters is 1. The molecule has 5 nitrogen and oxygen atoms in total. The second kappa shape index (κ2) is 6.52. The average Bonchev–Trinajstić information content (AvgIpc) is 2.26. The Morgan fingerprint density at radius 2 is 2.12 bits per heavy atom. The van der Waals surface area contributed by atoms with Gasteiger partial charge in [-0.05, 0) is 19.1 Å². The second-order valence-electron chi connectivity index (χ2n) is 3.30. The lowest BCUT2D eigenvalue weighted by Gasteiger charge is -2.07. The van der Waals surface area contributed by atoms with Gasteiger partial charge in [-0.1, -0.05) is 6.07 Å². The molecule has 0 spiro atoms. The molecule has 0 aliphatic heterocycles. The highest BCUT2D eigenvalue weighted by Gasteiger charge is 2.03. The fourth-order valence-electron chi connectivity index (χ4n) is 1.21. The van der Waals surface area contributed by atoms with Crippen LogP contribution in [0, 0.1) is 0 Å². The number of hydrogen-bond donors (Lipinski definition) is 1. The first kappa shape index (κ1) is 13.0. The molecule has 17 heavy (non-hydrogen) atoms. The van der Waals surface area contributed by atoms with Crippen LogP contribution in [-0.2, 0) is 14.3 Å². The molecule has 0 heterocycles. The minimum atomic E-state index is -0.419. The SMILES string of the molecule is CCOC(=O)COc1cccc(NC(C)=O)c1. The largest absolute Gasteiger partial charge is 0.482 e. The summed E-state index contributed by atoms with van der Waals surface area (Å²) in [5.74, 6) is -0.0747. The Morgan fingerprint density at radius 1 is 1.35 bits per heavy atom. The van der Waals surface area contributed by atoms with Crippen LogP contribution >= 0.6 is 0 Å². The monoisotopic (exact) mass is 237 g/mol. The Labute approximate surface area is 99.7 Å². The number of benzene rings is 1. The quantitative estimate of drug-likeness (QED) is 0.790. The molecule has 1 rings (SSSR count). The van der Waals surface area contributed by atoms with Gasteiger partial charge in [-0.2, -0.15) is 0 Å². The van der Waals surface area contributed by atoms with Gasteiger partial charge in [-0.15, -0.1) is 0 Å². The molecule has 1 N–H and O–H groups in total. The Balaban J connectivity index is 2.53. The first-order chi connectivity index (χ1) is 8.11. The van der Waals surface area contributed by atoms with E-state index >= 15 is 0 Å². The van der Waals surface area contributed by atoms with Crippen LogP contribution in [0.25, 0.3) is 0 Å². The van der Waals surface area contributed by atoms with Crippen LogP contribution in [0.3, 0.4) is 0 Å². The molecule has 0 saturated carbocycles. The zero-order valence-corrected chi connectivity index (χ0v) is 9.86. The van der Waals surface area contributed by atoms with E-state index in [2.05, 4.69) is 5.32 Å². The van der Waals surface area contributed by atoms with Crippen LogP contribution in [0.4, 0.5) is 5.69 Å². The molecule has 5 heteroatoms. The van der Waals surface area contributed by atoms with Crippen molar-refractivity contribution in [3.05, 3.63) is 24.3 Å². The van der Waals surface area contributed by atoms with E-state index in [-0.39, 0.29) is 12.5 Å². The van der Waals surface area contributed by atoms with Crippen molar-refractivity contribution in [1.82, 2.24) is 0 Å². The Kier molecular flexibility index (Phi) is 5.00. The molecule has 0 aromatic heterocycles. The number of nitrogens with one attached hydrogen (secondary N) is 1. The topological polar surface area (TPSA) is 64.6 Å². The first-order valence-electron chi connectivity index (χ1n) is 5.28. The van der Waals surface area contributed by atoms with Crippen molar-refractivity contribution in [2.75, 3.05) is 18.5 Å². The molecule has 1 aromatic rings. The normalized spacial score (nSPS) is 9.53. The summed E-state index contributed by atoms with van der Waals surface area (Å²) >= 11 is 0. The number of anilines is 1. The number of rotatable bonds is 5. The van der Waals surface area contributed by atoms with Crippen LogP contribution in [0.1, 0.15) is 13.8 Å². The highest BCUT2D eigenvalue weighted by molar-refractivity contribution is 5.88. The molecule has 1 aromatic carbocycles. The van der Waals surface area contributed by atoms with E-state index in [1.165, 1.54) is 6.92 Å². The minimum absolute atomic E-state index is 0.142. The Morgan fingerprint density at radius 3 is 2.76 bits per heavy atom. The van der Waals surface area contributed by atoms with E-state index in [1.807, 2.05) is 0 Å². The summed E-state index contributed by atoms with van der Waals surface area (Å²) in [7, 11) is 0. The van der Waals surface area contributed by atoms with Crippen molar-refractivity contribution in [2.45, 2.75) is 13.8 Å². The van der Waals surface area contributed by atoms with Crippen LogP contribution in [0.2, 0.25) is 0 Å². The van der Waals surface area contributed by atoms with Crippen molar-refractivity contribution in [3.63, 3.8) is 0 Å². The number of amides is 1. The molecule has 0 saturated heterocycles. The lowest BCUT2D eigenvalue weighted by Crippen LogP contribution is -2.14. The molecule has 0 atom stereocenters. The van der Waals surface area contributed by atoms with Crippen molar-refractivity contribution in [1.29, 1.82) is 0 Å². The smallest absolute Gasteiger partial charge is 0.344 e. The molecule has 0 aliphatic rings. The van der Waals surface area contributed by atoms with Crippen molar-refractivity contribution in [3.8, 4) is 5.75 Å². The lowest BCUT2D eigenvalue weighted by molar-refractivity contribution is -0.145. The molecule has 0 aliphatic carbocycles. The number of carbonyl (C=O) groups is 2. The maximum absolute atomic E-state index is 11.1. The van der Waals surface area contributed by atoms with E-state index in [0.29, 0.717) is 18.0 Å². The molecule has 92 valence electrons. The summed E-state index contributed by atoms with van der Waals surface area (Å²) in [6, 6.07) is 6.80. The van der Waals surface area contributed by atoms with Gasteiger partial charge in [-0.3, -0.25) is 4.79 Å². The molecule has 0 radical (unpaired) electrons. The fourth-order valence-corrected chi connectivity index (χ4v) is 1.21. The van der Waals surface area contributed by atoms with Crippen LogP contribution in [-0.4, -0.2) is 25.1 Å². The van der Waals surface area contributed by atoms with Gasteiger partial charge >= 0.3 is 5.97 Å². The van der Waals surface area contributed by atoms with E-state index in [0.717, 1.165) is 0 Å². The van der Waals surface area contributed by atoms with Crippen molar-refractivity contribution >= 4 is 17.6 Å². The van der Waals surface area contributed by atoms with Gasteiger partial charge in [0, 0.05) is 18.7 Å². The maximum atomic E-state index is 11.1. The van der Waals surface area contributed by atoms with Crippen molar-refractivity contribution in [2.24, 2.45) is 0 Å². The number of ether oxygens (including phenoxy) is 2. The van der Waals surface area contributed by atoms with Gasteiger partial charge in [0.2, 0.25) is 5.91 Å². The van der Waals surface area contributed by atoms with E-state index in [1.54, 1.807) is 31.2 Å². The number of hydrogen-bond acceptors (Lipinski definition) is 4. The zero-order valence-electron chi connectivity index (χ0n) is 9.86. The summed E-state index contributed by atoms with van der Waals surface area (Å²) in [4.78, 5) is 21.9. The molecular formula is C12H15NO4. The Hall–Kier alpha value is -2.04. The zero-order chi connectivity index (χ0) is 12.7. The second-order valence-corrected chi connectivity index (χ2v) is 3.30. The molecule has 0 bridgehead atoms. The summed E-state index contributed by atoms with van der Waals surface area (Å²) in [6.07, 6.45) is 0. The number of carbonyl (C=O) groups excluding carboxylic acids is 2. The molecular weight excluding hydrogens is 222 g/mol. The van der Waals surface area contributed by atoms with Crippen LogP contribution in [0.5, 0.6) is 5.75 Å². The fraction of sp³-hybridized carbons (Fsp3) is 0.333. The Bertz CT molecular complexity index is 403. The third kappa shape index (κ3) is 5.01. The van der Waals surface area contributed by atoms with Crippen LogP contribution < -0.4 is 10.1 Å². The summed E-state index contributed by atoms with van der Waals surface area (Å²) in [5, 5.41) is 2.62. The maximum Gasteiger partial charge on any atom is 0.344 e. The van der Waals surface area contributed by atoms with E-state index in [4.69, 9.17) is 9.47 Å². The lowest BCUT2D eigenvalue weighted by atomic mass is 10.3. The summed E-state index contributed by atoms with van der Waals surface area (Å²) < 4.78 is 9.94. The average molecular weight is 237 g/mol. The van der Waals surface area contributed by atoms with Gasteiger partial charge in [0.25, 0.3) is 0 Å². The summed E-state index contributed by atoms with van der Waals surface area (Å²) in [6.45, 7) is 3.34. The standard InChI is InChI=1S/C12H15NO4/c1-3-16-12(15)8-17-11-6-4-5-10(7-11)13-9(2)14/h4-7H,3,8H2,1-2H3,(H,13,14). The van der Waals surface area contributed by atoms with Gasteiger partial charge in [0.1, 0.15) is 5.75 Å². The van der Waals surface area contributed by atoms with Crippen molar-refractivity contribution < 1.29 is 19.1 Å². The minimum Gasteiger partial charge on any atom is -0.482 e. The van der Waals surface area contributed by atoms with Gasteiger partial charge in [-0.25, -0.2) is 4.79 Å². The van der Waals surface area contributed by atoms with E-state index < -0.39 is 5.97 Å². The van der Waals surface area contributed by atoms with Gasteiger partial charge < -0.3 is 14.8 Å². The molecule has 0 fully saturated rings. The third-order valence-electron chi connectivity index (χ3n) is 1.82. The predicted octanol–water partition coefficient (Wildman–Crippen LogP) is 1.59. The summed E-state index contributed by atoms with van der Waals surface area (Å²) in [5.41, 5.74) is 0.624. The van der Waals surface area contributed by atoms with Gasteiger partial charge in [0.05, 0.1) is 6.61 Å². The van der Waals surface area contributed by atoms with E-state index in [9.17, 15) is 9.59 Å².